The number of carbonyl (C=O) groups is 1. The number of anilines is 1. The Kier molecular flexibility index (Phi) is 5.91. The lowest BCUT2D eigenvalue weighted by molar-refractivity contribution is -0.118. The lowest BCUT2D eigenvalue weighted by Gasteiger charge is -2.06. The first-order valence-electron chi connectivity index (χ1n) is 8.28. The number of hydrogen-bond acceptors (Lipinski definition) is 6. The van der Waals surface area contributed by atoms with Crippen molar-refractivity contribution in [3.05, 3.63) is 42.5 Å². The van der Waals surface area contributed by atoms with Crippen molar-refractivity contribution in [2.45, 2.75) is 13.3 Å². The number of fused-ring (bicyclic) bond motifs is 1. The zero-order chi connectivity index (χ0) is 18.4. The minimum absolute atomic E-state index is 0.0902. The van der Waals surface area contributed by atoms with Gasteiger partial charge in [0.05, 0.1) is 23.9 Å². The van der Waals surface area contributed by atoms with Crippen molar-refractivity contribution in [3.8, 4) is 17.2 Å². The van der Waals surface area contributed by atoms with Gasteiger partial charge in [0, 0.05) is 0 Å². The van der Waals surface area contributed by atoms with Crippen LogP contribution in [0.25, 0.3) is 10.2 Å². The average Bonchev–Trinajstić information content (AvgIpc) is 3.06. The standard InChI is InChI=1S/C19H20N2O4S/c1-3-10-24-15-8-9-16-17(11-15)26-19(20-16)21-18(22)12-25-14-6-4-13(23-2)5-7-14/h4-9,11H,3,10,12H2,1-2H3,(H,20,21,22). The van der Waals surface area contributed by atoms with E-state index in [2.05, 4.69) is 17.2 Å². The summed E-state index contributed by atoms with van der Waals surface area (Å²) in [7, 11) is 1.60. The van der Waals surface area contributed by atoms with Crippen molar-refractivity contribution >= 4 is 32.6 Å². The summed E-state index contributed by atoms with van der Waals surface area (Å²) >= 11 is 1.40. The van der Waals surface area contributed by atoms with Crippen LogP contribution >= 0.6 is 11.3 Å². The van der Waals surface area contributed by atoms with Crippen molar-refractivity contribution in [1.82, 2.24) is 4.98 Å². The molecule has 26 heavy (non-hydrogen) atoms. The largest absolute Gasteiger partial charge is 0.497 e. The number of nitrogens with one attached hydrogen (secondary N) is 1. The minimum Gasteiger partial charge on any atom is -0.497 e. The summed E-state index contributed by atoms with van der Waals surface area (Å²) in [5.74, 6) is 1.88. The number of ether oxygens (including phenoxy) is 3. The van der Waals surface area contributed by atoms with Crippen molar-refractivity contribution in [2.75, 3.05) is 25.6 Å². The minimum atomic E-state index is -0.262. The van der Waals surface area contributed by atoms with Gasteiger partial charge in [-0.25, -0.2) is 4.98 Å². The molecular formula is C19H20N2O4S. The van der Waals surface area contributed by atoms with E-state index in [4.69, 9.17) is 14.2 Å². The third-order valence-corrected chi connectivity index (χ3v) is 4.44. The topological polar surface area (TPSA) is 69.7 Å². The summed E-state index contributed by atoms with van der Waals surface area (Å²) in [5.41, 5.74) is 0.824. The molecule has 1 N–H and O–H groups in total. The van der Waals surface area contributed by atoms with Crippen molar-refractivity contribution < 1.29 is 19.0 Å². The highest BCUT2D eigenvalue weighted by atomic mass is 32.1. The van der Waals surface area contributed by atoms with E-state index >= 15 is 0 Å². The fraction of sp³-hybridized carbons (Fsp3) is 0.263. The van der Waals surface area contributed by atoms with Crippen LogP contribution in [0.3, 0.4) is 0 Å². The number of methoxy groups -OCH3 is 1. The maximum Gasteiger partial charge on any atom is 0.264 e. The Bertz CT molecular complexity index is 877. The van der Waals surface area contributed by atoms with Crippen LogP contribution < -0.4 is 19.5 Å². The van der Waals surface area contributed by atoms with E-state index < -0.39 is 0 Å². The molecule has 3 aromatic rings. The molecule has 6 nitrogen and oxygen atoms in total. The summed E-state index contributed by atoms with van der Waals surface area (Å²) < 4.78 is 17.1. The van der Waals surface area contributed by atoms with E-state index in [1.165, 1.54) is 11.3 Å². The van der Waals surface area contributed by atoms with Crippen LogP contribution in [0.4, 0.5) is 5.13 Å². The van der Waals surface area contributed by atoms with Gasteiger partial charge in [-0.2, -0.15) is 0 Å². The Labute approximate surface area is 155 Å². The Hall–Kier alpha value is -2.80. The van der Waals surface area contributed by atoms with Crippen LogP contribution in [0.15, 0.2) is 42.5 Å². The average molecular weight is 372 g/mol. The fourth-order valence-electron chi connectivity index (χ4n) is 2.24. The highest BCUT2D eigenvalue weighted by Gasteiger charge is 2.09. The van der Waals surface area contributed by atoms with Gasteiger partial charge in [-0.3, -0.25) is 10.1 Å². The van der Waals surface area contributed by atoms with Gasteiger partial charge in [0.25, 0.3) is 5.91 Å². The van der Waals surface area contributed by atoms with Gasteiger partial charge in [-0.1, -0.05) is 18.3 Å². The molecule has 136 valence electrons. The number of rotatable bonds is 8. The van der Waals surface area contributed by atoms with Gasteiger partial charge >= 0.3 is 0 Å². The quantitative estimate of drug-likeness (QED) is 0.644. The summed E-state index contributed by atoms with van der Waals surface area (Å²) in [4.78, 5) is 16.5. The van der Waals surface area contributed by atoms with Gasteiger partial charge in [0.2, 0.25) is 0 Å². The maximum absolute atomic E-state index is 12.1. The van der Waals surface area contributed by atoms with E-state index in [0.717, 1.165) is 28.1 Å². The van der Waals surface area contributed by atoms with Crippen LogP contribution in [0.2, 0.25) is 0 Å². The van der Waals surface area contributed by atoms with Crippen LogP contribution in [0, 0.1) is 0 Å². The predicted octanol–water partition coefficient (Wildman–Crippen LogP) is 4.11. The number of amides is 1. The highest BCUT2D eigenvalue weighted by Crippen LogP contribution is 2.29. The molecule has 0 radical (unpaired) electrons. The molecule has 0 saturated carbocycles. The number of hydrogen-bond donors (Lipinski definition) is 1. The Morgan fingerprint density at radius 1 is 1.08 bits per heavy atom. The molecule has 1 aromatic heterocycles. The van der Waals surface area contributed by atoms with Gasteiger partial charge in [0.15, 0.2) is 11.7 Å². The van der Waals surface area contributed by atoms with E-state index in [1.807, 2.05) is 18.2 Å². The molecule has 1 amide bonds. The number of aromatic nitrogens is 1. The predicted molar refractivity (Wildman–Crippen MR) is 103 cm³/mol. The second-order valence-corrected chi connectivity index (χ2v) is 6.54. The lowest BCUT2D eigenvalue weighted by Crippen LogP contribution is -2.19. The molecule has 1 heterocycles. The molecule has 0 aliphatic rings. The van der Waals surface area contributed by atoms with Crippen molar-refractivity contribution in [1.29, 1.82) is 0 Å². The van der Waals surface area contributed by atoms with Gasteiger partial charge in [0.1, 0.15) is 17.2 Å². The van der Waals surface area contributed by atoms with Crippen LogP contribution in [-0.4, -0.2) is 31.2 Å². The number of carbonyl (C=O) groups excluding carboxylic acids is 1. The van der Waals surface area contributed by atoms with Crippen LogP contribution in [-0.2, 0) is 4.79 Å². The fourth-order valence-corrected chi connectivity index (χ4v) is 3.15. The Morgan fingerprint density at radius 2 is 1.81 bits per heavy atom. The molecule has 0 unspecified atom stereocenters. The molecule has 0 fully saturated rings. The molecule has 0 spiro atoms. The molecule has 3 rings (SSSR count). The summed E-state index contributed by atoms with van der Waals surface area (Å²) in [6.07, 6.45) is 0.955. The van der Waals surface area contributed by atoms with Crippen LogP contribution in [0.1, 0.15) is 13.3 Å². The number of thiazole rings is 1. The normalized spacial score (nSPS) is 10.5. The zero-order valence-electron chi connectivity index (χ0n) is 14.7. The monoisotopic (exact) mass is 372 g/mol. The summed E-state index contributed by atoms with van der Waals surface area (Å²) in [6.45, 7) is 2.65. The van der Waals surface area contributed by atoms with E-state index in [0.29, 0.717) is 17.5 Å². The first-order chi connectivity index (χ1) is 12.7. The van der Waals surface area contributed by atoms with Gasteiger partial charge < -0.3 is 14.2 Å². The molecule has 0 saturated heterocycles. The smallest absolute Gasteiger partial charge is 0.264 e. The SMILES string of the molecule is CCCOc1ccc2nc(NC(=O)COc3ccc(OC)cc3)sc2c1. The van der Waals surface area contributed by atoms with Crippen molar-refractivity contribution in [3.63, 3.8) is 0 Å². The Balaban J connectivity index is 1.57. The summed E-state index contributed by atoms with van der Waals surface area (Å²) in [5, 5.41) is 3.30. The third-order valence-electron chi connectivity index (χ3n) is 3.51. The molecule has 0 aliphatic heterocycles. The third kappa shape index (κ3) is 4.64. The van der Waals surface area contributed by atoms with Crippen LogP contribution in [0.5, 0.6) is 17.2 Å². The van der Waals surface area contributed by atoms with E-state index in [-0.39, 0.29) is 12.5 Å². The number of benzene rings is 2. The van der Waals surface area contributed by atoms with Crippen molar-refractivity contribution in [2.24, 2.45) is 0 Å². The molecule has 2 aromatic carbocycles. The molecular weight excluding hydrogens is 352 g/mol. The molecule has 7 heteroatoms. The highest BCUT2D eigenvalue weighted by molar-refractivity contribution is 7.22. The first kappa shape index (κ1) is 18.0. The second kappa shape index (κ2) is 8.53. The summed E-state index contributed by atoms with van der Waals surface area (Å²) in [6, 6.07) is 12.8. The molecule has 0 bridgehead atoms. The van der Waals surface area contributed by atoms with Gasteiger partial charge in [-0.05, 0) is 48.9 Å². The molecule has 0 aliphatic carbocycles. The molecule has 0 atom stereocenters. The zero-order valence-corrected chi connectivity index (χ0v) is 15.5. The maximum atomic E-state index is 12.1. The first-order valence-corrected chi connectivity index (χ1v) is 9.09. The second-order valence-electron chi connectivity index (χ2n) is 5.51. The van der Waals surface area contributed by atoms with E-state index in [1.54, 1.807) is 31.4 Å². The van der Waals surface area contributed by atoms with E-state index in [9.17, 15) is 4.79 Å². The number of nitrogens with zero attached hydrogens (tertiary/aromatic N) is 1. The lowest BCUT2D eigenvalue weighted by atomic mass is 10.3. The van der Waals surface area contributed by atoms with Gasteiger partial charge in [-0.15, -0.1) is 0 Å². The Morgan fingerprint density at radius 3 is 2.54 bits per heavy atom.